The summed E-state index contributed by atoms with van der Waals surface area (Å²) < 4.78 is 26.2. The van der Waals surface area contributed by atoms with Crippen LogP contribution in [0, 0.1) is 0 Å². The largest absolute Gasteiger partial charge is 0.705 e. The highest BCUT2D eigenvalue weighted by atomic mass is 28.4. The molecule has 140 valence electrons. The van der Waals surface area contributed by atoms with Crippen molar-refractivity contribution in [1.82, 2.24) is 0 Å². The summed E-state index contributed by atoms with van der Waals surface area (Å²) in [4.78, 5) is 34.3. The van der Waals surface area contributed by atoms with Crippen LogP contribution in [-0.4, -0.2) is 36.7 Å². The standard InChI is InChI=1S/C16H20O8Si2/c1-11(17)22-26(23-12(2)18,24-13(3)19)8-4-5-14-6-7-16-15(9-14)10-20-25-21-16/h6-7,9H,4-5,8,10H2,1-3H3. The zero-order chi connectivity index (χ0) is 19.2. The molecular weight excluding hydrogens is 376 g/mol. The van der Waals surface area contributed by atoms with Gasteiger partial charge in [0.25, 0.3) is 17.9 Å². The van der Waals surface area contributed by atoms with E-state index in [0.717, 1.165) is 16.9 Å². The Kier molecular flexibility index (Phi) is 6.94. The Bertz CT molecular complexity index is 650. The molecule has 2 radical (unpaired) electrons. The van der Waals surface area contributed by atoms with Crippen LogP contribution in [-0.2, 0) is 45.1 Å². The van der Waals surface area contributed by atoms with Crippen molar-refractivity contribution in [1.29, 1.82) is 0 Å². The summed E-state index contributed by atoms with van der Waals surface area (Å²) >= 11 is 0. The lowest BCUT2D eigenvalue weighted by atomic mass is 10.1. The van der Waals surface area contributed by atoms with Crippen LogP contribution >= 0.6 is 0 Å². The number of fused-ring (bicyclic) bond motifs is 1. The van der Waals surface area contributed by atoms with Crippen LogP contribution in [0.15, 0.2) is 18.2 Å². The smallest absolute Gasteiger partial charge is 0.517 e. The van der Waals surface area contributed by atoms with E-state index in [-0.39, 0.29) is 16.1 Å². The third-order valence-corrected chi connectivity index (χ3v) is 6.74. The molecule has 1 aliphatic rings. The molecule has 1 aliphatic heterocycles. The Morgan fingerprint density at radius 1 is 1.08 bits per heavy atom. The summed E-state index contributed by atoms with van der Waals surface area (Å²) in [5, 5.41) is 0. The van der Waals surface area contributed by atoms with Gasteiger partial charge in [-0.1, -0.05) is 6.07 Å². The third-order valence-electron chi connectivity index (χ3n) is 3.41. The van der Waals surface area contributed by atoms with Crippen molar-refractivity contribution in [2.45, 2.75) is 46.3 Å². The van der Waals surface area contributed by atoms with E-state index in [1.165, 1.54) is 20.8 Å². The van der Waals surface area contributed by atoms with Crippen LogP contribution in [0.1, 0.15) is 38.3 Å². The van der Waals surface area contributed by atoms with E-state index in [1.807, 2.05) is 18.2 Å². The first-order chi connectivity index (χ1) is 12.3. The second kappa shape index (κ2) is 8.96. The van der Waals surface area contributed by atoms with Crippen molar-refractivity contribution < 1.29 is 36.5 Å². The molecule has 0 N–H and O–H groups in total. The van der Waals surface area contributed by atoms with Gasteiger partial charge in [-0.3, -0.25) is 14.4 Å². The average molecular weight is 397 g/mol. The molecule has 0 spiro atoms. The zero-order valence-electron chi connectivity index (χ0n) is 14.8. The van der Waals surface area contributed by atoms with E-state index in [4.69, 9.17) is 22.1 Å². The topological polar surface area (TPSA) is 97.4 Å². The van der Waals surface area contributed by atoms with Gasteiger partial charge in [0.1, 0.15) is 5.75 Å². The molecule has 0 aliphatic carbocycles. The van der Waals surface area contributed by atoms with Gasteiger partial charge in [-0.05, 0) is 30.5 Å². The van der Waals surface area contributed by atoms with Crippen LogP contribution in [0.4, 0.5) is 0 Å². The fourth-order valence-corrected chi connectivity index (χ4v) is 5.48. The second-order valence-corrected chi connectivity index (χ2v) is 8.87. The molecule has 0 saturated heterocycles. The van der Waals surface area contributed by atoms with Crippen LogP contribution < -0.4 is 4.43 Å². The van der Waals surface area contributed by atoms with Gasteiger partial charge in [-0.2, -0.15) is 0 Å². The van der Waals surface area contributed by atoms with Gasteiger partial charge in [0.2, 0.25) is 0 Å². The highest BCUT2D eigenvalue weighted by Crippen LogP contribution is 2.26. The monoisotopic (exact) mass is 396 g/mol. The van der Waals surface area contributed by atoms with Crippen LogP contribution in [0.3, 0.4) is 0 Å². The Morgan fingerprint density at radius 3 is 2.27 bits per heavy atom. The lowest BCUT2D eigenvalue weighted by molar-refractivity contribution is -0.147. The first-order valence-corrected chi connectivity index (χ1v) is 10.8. The van der Waals surface area contributed by atoms with Crippen LogP contribution in [0.25, 0.3) is 0 Å². The summed E-state index contributed by atoms with van der Waals surface area (Å²) in [5.74, 6) is -1.18. The van der Waals surface area contributed by atoms with Crippen molar-refractivity contribution in [3.8, 4) is 5.75 Å². The Balaban J connectivity index is 2.06. The zero-order valence-corrected chi connectivity index (χ0v) is 16.8. The Hall–Kier alpha value is -2.18. The van der Waals surface area contributed by atoms with Gasteiger partial charge in [0.15, 0.2) is 0 Å². The van der Waals surface area contributed by atoms with E-state index < -0.39 is 26.7 Å². The molecule has 1 heterocycles. The van der Waals surface area contributed by atoms with E-state index in [0.29, 0.717) is 19.4 Å². The Labute approximate surface area is 155 Å². The molecule has 0 amide bonds. The first-order valence-electron chi connectivity index (χ1n) is 8.04. The number of benzene rings is 1. The van der Waals surface area contributed by atoms with Crippen LogP contribution in [0.2, 0.25) is 6.04 Å². The molecule has 10 heteroatoms. The predicted octanol–water partition coefficient (Wildman–Crippen LogP) is 1.69. The number of carbonyl (C=O) groups excluding carboxylic acids is 3. The van der Waals surface area contributed by atoms with Gasteiger partial charge in [-0.15, -0.1) is 0 Å². The predicted molar refractivity (Wildman–Crippen MR) is 91.8 cm³/mol. The van der Waals surface area contributed by atoms with E-state index >= 15 is 0 Å². The summed E-state index contributed by atoms with van der Waals surface area (Å²) in [6.07, 6.45) is 1.12. The van der Waals surface area contributed by atoms with E-state index in [1.54, 1.807) is 0 Å². The summed E-state index contributed by atoms with van der Waals surface area (Å²) in [5.41, 5.74) is 1.99. The fourth-order valence-electron chi connectivity index (χ4n) is 2.56. The van der Waals surface area contributed by atoms with Crippen molar-refractivity contribution in [2.75, 3.05) is 0 Å². The number of carbonyl (C=O) groups is 3. The SMILES string of the molecule is CC(=O)O[Si](CCCc1ccc2c(c1)CO[Si]O2)(OC(C)=O)OC(C)=O. The maximum absolute atomic E-state index is 11.4. The number of rotatable bonds is 7. The average Bonchev–Trinajstić information content (AvgIpc) is 2.52. The quantitative estimate of drug-likeness (QED) is 0.642. The first kappa shape index (κ1) is 20.1. The molecule has 0 atom stereocenters. The summed E-state index contributed by atoms with van der Waals surface area (Å²) in [6, 6.07) is 5.94. The molecule has 2 rings (SSSR count). The number of hydrogen-bond donors (Lipinski definition) is 0. The molecule has 0 bridgehead atoms. The molecule has 0 aromatic heterocycles. The molecule has 1 aromatic rings. The normalized spacial score (nSPS) is 13.2. The number of aryl methyl sites for hydroxylation is 1. The maximum Gasteiger partial charge on any atom is 0.705 e. The van der Waals surface area contributed by atoms with Crippen molar-refractivity contribution in [2.24, 2.45) is 0 Å². The molecule has 0 unspecified atom stereocenters. The lowest BCUT2D eigenvalue weighted by Crippen LogP contribution is -2.49. The van der Waals surface area contributed by atoms with Crippen LogP contribution in [0.5, 0.6) is 5.75 Å². The van der Waals surface area contributed by atoms with Crippen molar-refractivity contribution >= 4 is 36.7 Å². The van der Waals surface area contributed by atoms with E-state index in [9.17, 15) is 14.4 Å². The summed E-state index contributed by atoms with van der Waals surface area (Å²) in [7, 11) is -3.75. The highest BCUT2D eigenvalue weighted by Gasteiger charge is 2.51. The van der Waals surface area contributed by atoms with Gasteiger partial charge in [-0.25, -0.2) is 0 Å². The lowest BCUT2D eigenvalue weighted by Gasteiger charge is -2.26. The maximum atomic E-state index is 11.4. The van der Waals surface area contributed by atoms with Gasteiger partial charge < -0.3 is 22.1 Å². The minimum Gasteiger partial charge on any atom is -0.517 e. The molecule has 0 saturated carbocycles. The van der Waals surface area contributed by atoms with Gasteiger partial charge >= 0.3 is 18.8 Å². The second-order valence-electron chi connectivity index (χ2n) is 5.73. The minimum absolute atomic E-state index is 0.0109. The van der Waals surface area contributed by atoms with Crippen molar-refractivity contribution in [3.05, 3.63) is 29.3 Å². The molecule has 1 aromatic carbocycles. The number of hydrogen-bond acceptors (Lipinski definition) is 8. The van der Waals surface area contributed by atoms with Gasteiger partial charge in [0.05, 0.1) is 12.7 Å². The van der Waals surface area contributed by atoms with Gasteiger partial charge in [0, 0.05) is 26.3 Å². The van der Waals surface area contributed by atoms with E-state index in [2.05, 4.69) is 0 Å². The molecular formula is C16H20O8Si2. The molecule has 8 nitrogen and oxygen atoms in total. The molecule has 26 heavy (non-hydrogen) atoms. The molecule has 0 fully saturated rings. The van der Waals surface area contributed by atoms with Crippen molar-refractivity contribution in [3.63, 3.8) is 0 Å². The minimum atomic E-state index is -3.76. The highest BCUT2D eigenvalue weighted by molar-refractivity contribution is 6.65. The Morgan fingerprint density at radius 2 is 1.69 bits per heavy atom. The summed E-state index contributed by atoms with van der Waals surface area (Å²) in [6.45, 7) is 4.03. The fraction of sp³-hybridized carbons (Fsp3) is 0.438. The third kappa shape index (κ3) is 5.97.